The van der Waals surface area contributed by atoms with Crippen molar-refractivity contribution in [3.63, 3.8) is 0 Å². The number of nitrogens with one attached hydrogen (secondary N) is 2. The fraction of sp³-hybridized carbons (Fsp3) is 0.278. The number of anilines is 1. The van der Waals surface area contributed by atoms with E-state index in [0.29, 0.717) is 5.56 Å². The van der Waals surface area contributed by atoms with Crippen molar-refractivity contribution in [3.8, 4) is 0 Å². The quantitative estimate of drug-likeness (QED) is 0.813. The van der Waals surface area contributed by atoms with Crippen LogP contribution in [0.3, 0.4) is 0 Å². The minimum Gasteiger partial charge on any atom is -0.322 e. The molecule has 2 aromatic rings. The summed E-state index contributed by atoms with van der Waals surface area (Å²) in [6.07, 6.45) is 0. The molecule has 0 spiro atoms. The molecule has 0 aromatic heterocycles. The average molecular weight is 399 g/mol. The Labute approximate surface area is 157 Å². The Kier molecular flexibility index (Phi) is 5.75. The van der Waals surface area contributed by atoms with Gasteiger partial charge in [-0.3, -0.25) is 4.79 Å². The van der Waals surface area contributed by atoms with Crippen LogP contribution in [0.1, 0.15) is 36.7 Å². The highest BCUT2D eigenvalue weighted by atomic mass is 35.5. The van der Waals surface area contributed by atoms with E-state index < -0.39 is 27.3 Å². The van der Waals surface area contributed by atoms with Gasteiger partial charge in [0.25, 0.3) is 5.91 Å². The van der Waals surface area contributed by atoms with Crippen LogP contribution in [-0.4, -0.2) is 19.9 Å². The second-order valence-electron chi connectivity index (χ2n) is 6.92. The van der Waals surface area contributed by atoms with Crippen LogP contribution in [0.2, 0.25) is 5.02 Å². The van der Waals surface area contributed by atoms with Gasteiger partial charge in [-0.25, -0.2) is 17.5 Å². The van der Waals surface area contributed by atoms with Crippen molar-refractivity contribution in [1.29, 1.82) is 0 Å². The summed E-state index contributed by atoms with van der Waals surface area (Å²) < 4.78 is 41.1. The number of benzene rings is 2. The highest BCUT2D eigenvalue weighted by Crippen LogP contribution is 2.24. The summed E-state index contributed by atoms with van der Waals surface area (Å²) in [6.45, 7) is 6.70. The third kappa shape index (κ3) is 5.03. The second-order valence-corrected chi connectivity index (χ2v) is 8.98. The van der Waals surface area contributed by atoms with Gasteiger partial charge >= 0.3 is 0 Å². The van der Waals surface area contributed by atoms with Gasteiger partial charge in [0.05, 0.1) is 5.02 Å². The maximum absolute atomic E-state index is 13.6. The molecular weight excluding hydrogens is 379 g/mol. The van der Waals surface area contributed by atoms with E-state index in [4.69, 9.17) is 11.6 Å². The Morgan fingerprint density at radius 1 is 1.12 bits per heavy atom. The fourth-order valence-corrected chi connectivity index (χ4v) is 4.13. The molecule has 140 valence electrons. The van der Waals surface area contributed by atoms with Gasteiger partial charge in [0, 0.05) is 16.8 Å². The predicted molar refractivity (Wildman–Crippen MR) is 101 cm³/mol. The molecule has 26 heavy (non-hydrogen) atoms. The van der Waals surface area contributed by atoms with Crippen molar-refractivity contribution in [2.75, 3.05) is 5.32 Å². The van der Waals surface area contributed by atoms with Crippen molar-refractivity contribution in [3.05, 3.63) is 58.4 Å². The molecule has 0 aliphatic heterocycles. The molecule has 0 saturated carbocycles. The number of hydrogen-bond donors (Lipinski definition) is 2. The Balaban J connectivity index is 2.33. The smallest absolute Gasteiger partial charge is 0.255 e. The molecule has 0 aliphatic rings. The molecule has 5 nitrogen and oxygen atoms in total. The van der Waals surface area contributed by atoms with Crippen molar-refractivity contribution < 1.29 is 17.6 Å². The second kappa shape index (κ2) is 7.34. The third-order valence-corrected chi connectivity index (χ3v) is 5.59. The lowest BCUT2D eigenvalue weighted by Gasteiger charge is -2.21. The van der Waals surface area contributed by atoms with Gasteiger partial charge < -0.3 is 5.32 Å². The Morgan fingerprint density at radius 2 is 1.77 bits per heavy atom. The van der Waals surface area contributed by atoms with E-state index in [1.165, 1.54) is 30.3 Å². The zero-order valence-corrected chi connectivity index (χ0v) is 16.4. The SMILES string of the molecule is Cc1ccc(NC(=O)c2ccc(Cl)c(S(=O)(=O)NC(C)(C)C)c2)cc1F. The van der Waals surface area contributed by atoms with Crippen molar-refractivity contribution in [2.24, 2.45) is 0 Å². The van der Waals surface area contributed by atoms with E-state index in [1.807, 2.05) is 0 Å². The van der Waals surface area contributed by atoms with E-state index in [1.54, 1.807) is 33.8 Å². The van der Waals surface area contributed by atoms with Crippen LogP contribution < -0.4 is 10.0 Å². The summed E-state index contributed by atoms with van der Waals surface area (Å²) in [6, 6.07) is 8.22. The lowest BCUT2D eigenvalue weighted by molar-refractivity contribution is 0.102. The Morgan fingerprint density at radius 3 is 2.35 bits per heavy atom. The van der Waals surface area contributed by atoms with Crippen LogP contribution in [0, 0.1) is 12.7 Å². The van der Waals surface area contributed by atoms with Gasteiger partial charge in [-0.1, -0.05) is 17.7 Å². The van der Waals surface area contributed by atoms with Gasteiger partial charge in [-0.05, 0) is 63.6 Å². The van der Waals surface area contributed by atoms with E-state index >= 15 is 0 Å². The van der Waals surface area contributed by atoms with Crippen LogP contribution in [0.5, 0.6) is 0 Å². The van der Waals surface area contributed by atoms with E-state index in [0.717, 1.165) is 0 Å². The van der Waals surface area contributed by atoms with Gasteiger partial charge in [-0.2, -0.15) is 0 Å². The molecule has 0 fully saturated rings. The van der Waals surface area contributed by atoms with Crippen molar-refractivity contribution in [1.82, 2.24) is 4.72 Å². The normalized spacial score (nSPS) is 12.1. The molecule has 0 heterocycles. The summed E-state index contributed by atoms with van der Waals surface area (Å²) in [5, 5.41) is 2.54. The molecule has 0 aliphatic carbocycles. The molecule has 0 saturated heterocycles. The van der Waals surface area contributed by atoms with Gasteiger partial charge in [0.2, 0.25) is 10.0 Å². The predicted octanol–water partition coefficient (Wildman–Crippen LogP) is 4.12. The number of carbonyl (C=O) groups excluding carboxylic acids is 1. The first-order valence-electron chi connectivity index (χ1n) is 7.80. The number of aryl methyl sites for hydroxylation is 1. The average Bonchev–Trinajstić information content (AvgIpc) is 2.48. The molecule has 0 unspecified atom stereocenters. The van der Waals surface area contributed by atoms with Crippen LogP contribution in [0.15, 0.2) is 41.3 Å². The molecule has 2 rings (SSSR count). The Hall–Kier alpha value is -1.96. The highest BCUT2D eigenvalue weighted by molar-refractivity contribution is 7.89. The summed E-state index contributed by atoms with van der Waals surface area (Å²) in [4.78, 5) is 12.2. The minimum atomic E-state index is -3.91. The first-order valence-corrected chi connectivity index (χ1v) is 9.66. The van der Waals surface area contributed by atoms with Crippen LogP contribution in [-0.2, 0) is 10.0 Å². The molecule has 0 bridgehead atoms. The molecule has 2 N–H and O–H groups in total. The van der Waals surface area contributed by atoms with Crippen molar-refractivity contribution >= 4 is 33.2 Å². The number of rotatable bonds is 4. The maximum atomic E-state index is 13.6. The largest absolute Gasteiger partial charge is 0.322 e. The maximum Gasteiger partial charge on any atom is 0.255 e. The lowest BCUT2D eigenvalue weighted by Crippen LogP contribution is -2.40. The highest BCUT2D eigenvalue weighted by Gasteiger charge is 2.25. The van der Waals surface area contributed by atoms with Crippen LogP contribution in [0.4, 0.5) is 10.1 Å². The van der Waals surface area contributed by atoms with E-state index in [9.17, 15) is 17.6 Å². The van der Waals surface area contributed by atoms with E-state index in [-0.39, 0.29) is 21.2 Å². The molecule has 0 atom stereocenters. The molecule has 8 heteroatoms. The number of hydrogen-bond acceptors (Lipinski definition) is 3. The van der Waals surface area contributed by atoms with Crippen LogP contribution in [0.25, 0.3) is 0 Å². The van der Waals surface area contributed by atoms with Crippen molar-refractivity contribution in [2.45, 2.75) is 38.1 Å². The zero-order chi connectivity index (χ0) is 19.7. The first kappa shape index (κ1) is 20.4. The summed E-state index contributed by atoms with van der Waals surface area (Å²) in [7, 11) is -3.91. The molecule has 2 aromatic carbocycles. The fourth-order valence-electron chi connectivity index (χ4n) is 2.18. The Bertz CT molecular complexity index is 953. The van der Waals surface area contributed by atoms with Gasteiger partial charge in [0.15, 0.2) is 0 Å². The lowest BCUT2D eigenvalue weighted by atomic mass is 10.1. The third-order valence-electron chi connectivity index (χ3n) is 3.35. The number of sulfonamides is 1. The first-order chi connectivity index (χ1) is 11.9. The molecular formula is C18H20ClFN2O3S. The minimum absolute atomic E-state index is 0.000296. The van der Waals surface area contributed by atoms with Gasteiger partial charge in [0.1, 0.15) is 10.7 Å². The summed E-state index contributed by atoms with van der Waals surface area (Å²) >= 11 is 6.01. The zero-order valence-electron chi connectivity index (χ0n) is 14.9. The van der Waals surface area contributed by atoms with E-state index in [2.05, 4.69) is 10.0 Å². The summed E-state index contributed by atoms with van der Waals surface area (Å²) in [5.41, 5.74) is 0.103. The molecule has 1 amide bonds. The number of carbonyl (C=O) groups is 1. The summed E-state index contributed by atoms with van der Waals surface area (Å²) in [5.74, 6) is -1.02. The van der Waals surface area contributed by atoms with Crippen LogP contribution >= 0.6 is 11.6 Å². The number of amides is 1. The number of halogens is 2. The standard InChI is InChI=1S/C18H20ClFN2O3S/c1-11-5-7-13(10-15(11)20)21-17(23)12-6-8-14(19)16(9-12)26(24,25)22-18(2,3)4/h5-10,22H,1-4H3,(H,21,23). The topological polar surface area (TPSA) is 75.3 Å². The monoisotopic (exact) mass is 398 g/mol. The molecule has 0 radical (unpaired) electrons. The van der Waals surface area contributed by atoms with Gasteiger partial charge in [-0.15, -0.1) is 0 Å².